The molecule has 1 rings (SSSR count). The normalized spacial score (nSPS) is 10.1. The first-order chi connectivity index (χ1) is 6.02. The summed E-state index contributed by atoms with van der Waals surface area (Å²) in [6, 6.07) is 3.02. The Balaban J connectivity index is 3.17. The smallest absolute Gasteiger partial charge is 0.307 e. The molecule has 0 atom stereocenters. The van der Waals surface area contributed by atoms with Gasteiger partial charge >= 0.3 is 5.97 Å². The molecule has 1 aromatic rings. The maximum absolute atomic E-state index is 13.2. The summed E-state index contributed by atoms with van der Waals surface area (Å²) in [6.45, 7) is 1.65. The lowest BCUT2D eigenvalue weighted by Gasteiger charge is -2.05. The summed E-state index contributed by atoms with van der Waals surface area (Å²) in [7, 11) is 0. The van der Waals surface area contributed by atoms with E-state index in [4.69, 9.17) is 16.7 Å². The first-order valence-electron chi connectivity index (χ1n) is 3.67. The minimum atomic E-state index is -1.07. The molecular formula is C9H8ClFO2. The molecule has 13 heavy (non-hydrogen) atoms. The number of hydrogen-bond acceptors (Lipinski definition) is 1. The van der Waals surface area contributed by atoms with Gasteiger partial charge in [0.2, 0.25) is 0 Å². The van der Waals surface area contributed by atoms with E-state index in [2.05, 4.69) is 0 Å². The fourth-order valence-electron chi connectivity index (χ4n) is 1.06. The lowest BCUT2D eigenvalue weighted by atomic mass is 10.1. The predicted molar refractivity (Wildman–Crippen MR) is 47.5 cm³/mol. The van der Waals surface area contributed by atoms with Crippen molar-refractivity contribution < 1.29 is 14.3 Å². The number of carboxylic acid groups (broad SMARTS) is 1. The van der Waals surface area contributed by atoms with Gasteiger partial charge in [-0.1, -0.05) is 17.7 Å². The monoisotopic (exact) mass is 202 g/mol. The molecule has 0 amide bonds. The molecule has 0 aliphatic rings. The van der Waals surface area contributed by atoms with Crippen molar-refractivity contribution in [3.63, 3.8) is 0 Å². The summed E-state index contributed by atoms with van der Waals surface area (Å²) in [4.78, 5) is 10.4. The van der Waals surface area contributed by atoms with Crippen molar-refractivity contribution in [1.82, 2.24) is 0 Å². The lowest BCUT2D eigenvalue weighted by Crippen LogP contribution is -2.04. The Kier molecular flexibility index (Phi) is 2.88. The highest BCUT2D eigenvalue weighted by atomic mass is 35.5. The first kappa shape index (κ1) is 9.99. The zero-order valence-electron chi connectivity index (χ0n) is 6.97. The first-order valence-corrected chi connectivity index (χ1v) is 4.05. The second kappa shape index (κ2) is 3.75. The predicted octanol–water partition coefficient (Wildman–Crippen LogP) is 2.41. The third-order valence-electron chi connectivity index (χ3n) is 1.76. The molecule has 70 valence electrons. The van der Waals surface area contributed by atoms with Crippen LogP contribution < -0.4 is 0 Å². The third-order valence-corrected chi connectivity index (χ3v) is 2.05. The highest BCUT2D eigenvalue weighted by Crippen LogP contribution is 2.21. The molecule has 0 aromatic heterocycles. The number of hydrogen-bond donors (Lipinski definition) is 1. The van der Waals surface area contributed by atoms with Crippen LogP contribution in [0.3, 0.4) is 0 Å². The molecular weight excluding hydrogens is 195 g/mol. The minimum absolute atomic E-state index is 0.0400. The number of carboxylic acids is 1. The van der Waals surface area contributed by atoms with Gasteiger partial charge in [0.15, 0.2) is 0 Å². The van der Waals surface area contributed by atoms with Gasteiger partial charge in [-0.3, -0.25) is 4.79 Å². The van der Waals surface area contributed by atoms with Gasteiger partial charge in [0, 0.05) is 5.56 Å². The maximum atomic E-state index is 13.2. The molecule has 1 N–H and O–H groups in total. The van der Waals surface area contributed by atoms with Crippen LogP contribution in [0.2, 0.25) is 5.02 Å². The van der Waals surface area contributed by atoms with Crippen molar-refractivity contribution in [2.75, 3.05) is 0 Å². The Morgan fingerprint density at radius 2 is 2.23 bits per heavy atom. The van der Waals surface area contributed by atoms with E-state index in [1.807, 2.05) is 0 Å². The van der Waals surface area contributed by atoms with Crippen LogP contribution in [-0.2, 0) is 11.2 Å². The van der Waals surface area contributed by atoms with Gasteiger partial charge in [-0.05, 0) is 18.6 Å². The molecule has 0 fully saturated rings. The SMILES string of the molecule is Cc1ccc(Cl)c(F)c1CC(=O)O. The number of carbonyl (C=O) groups is 1. The van der Waals surface area contributed by atoms with E-state index in [0.29, 0.717) is 5.56 Å². The number of aliphatic carboxylic acids is 1. The van der Waals surface area contributed by atoms with Crippen molar-refractivity contribution in [2.24, 2.45) is 0 Å². The van der Waals surface area contributed by atoms with Crippen LogP contribution in [0.15, 0.2) is 12.1 Å². The fraction of sp³-hybridized carbons (Fsp3) is 0.222. The van der Waals surface area contributed by atoms with E-state index in [-0.39, 0.29) is 17.0 Å². The Hall–Kier alpha value is -1.09. The van der Waals surface area contributed by atoms with Gasteiger partial charge in [-0.2, -0.15) is 0 Å². The van der Waals surface area contributed by atoms with Gasteiger partial charge in [0.05, 0.1) is 11.4 Å². The molecule has 0 aliphatic carbocycles. The van der Waals surface area contributed by atoms with E-state index >= 15 is 0 Å². The van der Waals surface area contributed by atoms with Gasteiger partial charge in [0.1, 0.15) is 5.82 Å². The van der Waals surface area contributed by atoms with Crippen molar-refractivity contribution in [3.05, 3.63) is 34.1 Å². The largest absolute Gasteiger partial charge is 0.481 e. The van der Waals surface area contributed by atoms with Crippen LogP contribution in [0.25, 0.3) is 0 Å². The van der Waals surface area contributed by atoms with Gasteiger partial charge in [-0.25, -0.2) is 4.39 Å². The Bertz CT molecular complexity index is 350. The number of benzene rings is 1. The average molecular weight is 203 g/mol. The summed E-state index contributed by atoms with van der Waals surface area (Å²) < 4.78 is 13.2. The Morgan fingerprint density at radius 1 is 1.62 bits per heavy atom. The second-order valence-electron chi connectivity index (χ2n) is 2.73. The zero-order chi connectivity index (χ0) is 10.0. The molecule has 0 saturated heterocycles. The van der Waals surface area contributed by atoms with Crippen LogP contribution in [0.5, 0.6) is 0 Å². The van der Waals surface area contributed by atoms with Crippen LogP contribution in [0.1, 0.15) is 11.1 Å². The van der Waals surface area contributed by atoms with E-state index in [0.717, 1.165) is 0 Å². The molecule has 0 saturated carbocycles. The van der Waals surface area contributed by atoms with Crippen molar-refractivity contribution >= 4 is 17.6 Å². The molecule has 0 bridgehead atoms. The maximum Gasteiger partial charge on any atom is 0.307 e. The minimum Gasteiger partial charge on any atom is -0.481 e. The van der Waals surface area contributed by atoms with Gasteiger partial charge < -0.3 is 5.11 Å². The van der Waals surface area contributed by atoms with Gasteiger partial charge in [-0.15, -0.1) is 0 Å². The van der Waals surface area contributed by atoms with E-state index < -0.39 is 11.8 Å². The summed E-state index contributed by atoms with van der Waals surface area (Å²) in [5.74, 6) is -1.70. The third kappa shape index (κ3) is 2.18. The molecule has 0 unspecified atom stereocenters. The highest BCUT2D eigenvalue weighted by Gasteiger charge is 2.12. The van der Waals surface area contributed by atoms with Crippen molar-refractivity contribution in [3.8, 4) is 0 Å². The molecule has 0 heterocycles. The molecule has 1 aromatic carbocycles. The van der Waals surface area contributed by atoms with Crippen LogP contribution in [0.4, 0.5) is 4.39 Å². The van der Waals surface area contributed by atoms with Crippen LogP contribution in [-0.4, -0.2) is 11.1 Å². The van der Waals surface area contributed by atoms with E-state index in [1.165, 1.54) is 6.07 Å². The number of halogens is 2. The molecule has 0 radical (unpaired) electrons. The van der Waals surface area contributed by atoms with E-state index in [1.54, 1.807) is 13.0 Å². The van der Waals surface area contributed by atoms with Crippen LogP contribution in [0, 0.1) is 12.7 Å². The number of rotatable bonds is 2. The number of aryl methyl sites for hydroxylation is 1. The molecule has 0 spiro atoms. The molecule has 2 nitrogen and oxygen atoms in total. The van der Waals surface area contributed by atoms with E-state index in [9.17, 15) is 9.18 Å². The Morgan fingerprint density at radius 3 is 2.77 bits per heavy atom. The van der Waals surface area contributed by atoms with Crippen LogP contribution >= 0.6 is 11.6 Å². The summed E-state index contributed by atoms with van der Waals surface area (Å²) in [6.07, 6.45) is -0.335. The summed E-state index contributed by atoms with van der Waals surface area (Å²) in [5, 5.41) is 8.46. The average Bonchev–Trinajstić information content (AvgIpc) is 2.05. The van der Waals surface area contributed by atoms with Crippen molar-refractivity contribution in [1.29, 1.82) is 0 Å². The fourth-order valence-corrected chi connectivity index (χ4v) is 1.23. The molecule has 0 aliphatic heterocycles. The van der Waals surface area contributed by atoms with Gasteiger partial charge in [0.25, 0.3) is 0 Å². The summed E-state index contributed by atoms with van der Waals surface area (Å²) in [5.41, 5.74) is 0.754. The Labute approximate surface area is 80.0 Å². The second-order valence-corrected chi connectivity index (χ2v) is 3.13. The topological polar surface area (TPSA) is 37.3 Å². The molecule has 4 heteroatoms. The highest BCUT2D eigenvalue weighted by molar-refractivity contribution is 6.30. The quantitative estimate of drug-likeness (QED) is 0.800. The van der Waals surface area contributed by atoms with Crippen molar-refractivity contribution in [2.45, 2.75) is 13.3 Å². The lowest BCUT2D eigenvalue weighted by molar-refractivity contribution is -0.136. The standard InChI is InChI=1S/C9H8ClFO2/c1-5-2-3-7(10)9(11)6(5)4-8(12)13/h2-3H,4H2,1H3,(H,12,13). The summed E-state index contributed by atoms with van der Waals surface area (Å²) >= 11 is 5.50. The zero-order valence-corrected chi connectivity index (χ0v) is 7.73.